The van der Waals surface area contributed by atoms with E-state index in [0.717, 1.165) is 23.3 Å². The molecule has 1 aliphatic heterocycles. The van der Waals surface area contributed by atoms with Gasteiger partial charge in [-0.2, -0.15) is 5.26 Å². The summed E-state index contributed by atoms with van der Waals surface area (Å²) in [5.74, 6) is -0.153. The molecule has 3 rings (SSSR count). The predicted octanol–water partition coefficient (Wildman–Crippen LogP) is 1.68. The van der Waals surface area contributed by atoms with Crippen LogP contribution in [0.5, 0.6) is 0 Å². The van der Waals surface area contributed by atoms with Crippen molar-refractivity contribution in [2.24, 2.45) is 5.92 Å². The molecule has 2 fully saturated rings. The number of urea groups is 1. The van der Waals surface area contributed by atoms with Crippen LogP contribution in [-0.2, 0) is 16.1 Å². The molecule has 1 heterocycles. The van der Waals surface area contributed by atoms with E-state index in [1.165, 1.54) is 0 Å². The number of rotatable bonds is 4. The van der Waals surface area contributed by atoms with Gasteiger partial charge in [0.15, 0.2) is 0 Å². The normalized spacial score (nSPS) is 25.1. The number of hydrogen-bond donors (Lipinski definition) is 2. The molecule has 0 radical (unpaired) electrons. The minimum atomic E-state index is -0.828. The molecular weight excluding hydrogens is 332 g/mol. The van der Waals surface area contributed by atoms with Crippen molar-refractivity contribution in [1.82, 2.24) is 15.5 Å². The first-order valence-electron chi connectivity index (χ1n) is 8.83. The minimum Gasteiger partial charge on any atom is -0.350 e. The van der Waals surface area contributed by atoms with E-state index < -0.39 is 17.5 Å². The van der Waals surface area contributed by atoms with E-state index in [0.29, 0.717) is 24.3 Å². The van der Waals surface area contributed by atoms with E-state index in [2.05, 4.69) is 17.6 Å². The largest absolute Gasteiger partial charge is 0.350 e. The molecule has 0 atom stereocenters. The third kappa shape index (κ3) is 3.54. The third-order valence-electron chi connectivity index (χ3n) is 5.22. The van der Waals surface area contributed by atoms with Crippen LogP contribution >= 0.6 is 0 Å². The molecule has 1 aromatic rings. The van der Waals surface area contributed by atoms with Crippen LogP contribution in [0.3, 0.4) is 0 Å². The lowest BCUT2D eigenvalue weighted by molar-refractivity contribution is -0.136. The highest BCUT2D eigenvalue weighted by Gasteiger charge is 2.52. The van der Waals surface area contributed by atoms with Gasteiger partial charge < -0.3 is 10.6 Å². The van der Waals surface area contributed by atoms with Gasteiger partial charge in [0, 0.05) is 6.54 Å². The molecule has 1 saturated carbocycles. The Bertz CT molecular complexity index is 775. The highest BCUT2D eigenvalue weighted by atomic mass is 16.2. The van der Waals surface area contributed by atoms with E-state index in [1.807, 2.05) is 6.07 Å². The molecule has 1 saturated heterocycles. The lowest BCUT2D eigenvalue weighted by atomic mass is 9.77. The number of nitrogens with zero attached hydrogens (tertiary/aromatic N) is 2. The molecule has 4 amide bonds. The number of carbonyl (C=O) groups excluding carboxylic acids is 3. The lowest BCUT2D eigenvalue weighted by Gasteiger charge is -2.33. The molecule has 0 aromatic heterocycles. The summed E-state index contributed by atoms with van der Waals surface area (Å²) in [6.45, 7) is 2.08. The van der Waals surface area contributed by atoms with Crippen LogP contribution in [0.4, 0.5) is 4.79 Å². The van der Waals surface area contributed by atoms with Crippen LogP contribution in [0.15, 0.2) is 24.3 Å². The van der Waals surface area contributed by atoms with E-state index >= 15 is 0 Å². The standard InChI is InChI=1S/C19H22N4O3/c1-13-5-7-19(8-6-13)17(25)23(18(26)22-19)12-16(24)21-11-15-4-2-3-14(9-15)10-20/h2-4,9,13H,5-8,11-12H2,1H3,(H,21,24)(H,22,26). The quantitative estimate of drug-likeness (QED) is 0.803. The van der Waals surface area contributed by atoms with Crippen molar-refractivity contribution in [3.8, 4) is 6.07 Å². The van der Waals surface area contributed by atoms with Gasteiger partial charge >= 0.3 is 6.03 Å². The van der Waals surface area contributed by atoms with Crippen molar-refractivity contribution in [1.29, 1.82) is 5.26 Å². The molecule has 26 heavy (non-hydrogen) atoms. The first-order chi connectivity index (χ1) is 12.4. The summed E-state index contributed by atoms with van der Waals surface area (Å²) < 4.78 is 0. The first-order valence-corrected chi connectivity index (χ1v) is 8.83. The summed E-state index contributed by atoms with van der Waals surface area (Å²) in [6.07, 6.45) is 3.03. The maximum absolute atomic E-state index is 12.7. The summed E-state index contributed by atoms with van der Waals surface area (Å²) in [7, 11) is 0. The SMILES string of the molecule is CC1CCC2(CC1)NC(=O)N(CC(=O)NCc1cccc(C#N)c1)C2=O. The fourth-order valence-electron chi connectivity index (χ4n) is 3.56. The summed E-state index contributed by atoms with van der Waals surface area (Å²) >= 11 is 0. The average Bonchev–Trinajstić information content (AvgIpc) is 2.87. The highest BCUT2D eigenvalue weighted by molar-refractivity contribution is 6.09. The minimum absolute atomic E-state index is 0.237. The topological polar surface area (TPSA) is 102 Å². The number of imide groups is 1. The second kappa shape index (κ2) is 7.16. The van der Waals surface area contributed by atoms with Crippen LogP contribution in [0.1, 0.15) is 43.7 Å². The molecule has 1 spiro atoms. The molecule has 7 nitrogen and oxygen atoms in total. The lowest BCUT2D eigenvalue weighted by Crippen LogP contribution is -2.49. The van der Waals surface area contributed by atoms with E-state index in [-0.39, 0.29) is 19.0 Å². The number of carbonyl (C=O) groups is 3. The van der Waals surface area contributed by atoms with Gasteiger partial charge in [0.25, 0.3) is 5.91 Å². The Morgan fingerprint density at radius 3 is 2.81 bits per heavy atom. The Hall–Kier alpha value is -2.88. The molecule has 2 N–H and O–H groups in total. The highest BCUT2D eigenvalue weighted by Crippen LogP contribution is 2.36. The Kier molecular flexibility index (Phi) is 4.94. The van der Waals surface area contributed by atoms with Crippen molar-refractivity contribution in [3.05, 3.63) is 35.4 Å². The van der Waals surface area contributed by atoms with Crippen molar-refractivity contribution in [3.63, 3.8) is 0 Å². The van der Waals surface area contributed by atoms with Gasteiger partial charge in [-0.3, -0.25) is 14.5 Å². The molecule has 0 unspecified atom stereocenters. The summed E-state index contributed by atoms with van der Waals surface area (Å²) in [5, 5.41) is 14.4. The van der Waals surface area contributed by atoms with Crippen LogP contribution < -0.4 is 10.6 Å². The zero-order chi connectivity index (χ0) is 18.7. The van der Waals surface area contributed by atoms with E-state index in [1.54, 1.807) is 24.3 Å². The maximum Gasteiger partial charge on any atom is 0.325 e. The zero-order valence-corrected chi connectivity index (χ0v) is 14.7. The van der Waals surface area contributed by atoms with E-state index in [4.69, 9.17) is 5.26 Å². The number of nitriles is 1. The Morgan fingerprint density at radius 1 is 1.38 bits per heavy atom. The van der Waals surface area contributed by atoms with Gasteiger partial charge in [0.2, 0.25) is 5.91 Å². The summed E-state index contributed by atoms with van der Waals surface area (Å²) in [4.78, 5) is 38.1. The van der Waals surface area contributed by atoms with Crippen molar-refractivity contribution in [2.75, 3.05) is 6.54 Å². The van der Waals surface area contributed by atoms with Crippen molar-refractivity contribution >= 4 is 17.8 Å². The predicted molar refractivity (Wildman–Crippen MR) is 93.6 cm³/mol. The van der Waals surface area contributed by atoms with Crippen LogP contribution in [0.25, 0.3) is 0 Å². The molecule has 7 heteroatoms. The first kappa shape index (κ1) is 17.9. The van der Waals surface area contributed by atoms with Gasteiger partial charge in [-0.1, -0.05) is 19.1 Å². The van der Waals surface area contributed by atoms with Crippen molar-refractivity contribution < 1.29 is 14.4 Å². The van der Waals surface area contributed by atoms with Crippen molar-refractivity contribution in [2.45, 2.75) is 44.7 Å². The van der Waals surface area contributed by atoms with E-state index in [9.17, 15) is 14.4 Å². The van der Waals surface area contributed by atoms with Crippen LogP contribution in [-0.4, -0.2) is 34.8 Å². The molecule has 2 aliphatic rings. The molecule has 0 bridgehead atoms. The zero-order valence-electron chi connectivity index (χ0n) is 14.7. The Morgan fingerprint density at radius 2 is 2.12 bits per heavy atom. The van der Waals surface area contributed by atoms with Gasteiger partial charge in [-0.25, -0.2) is 4.79 Å². The van der Waals surface area contributed by atoms with Crippen LogP contribution in [0, 0.1) is 17.2 Å². The van der Waals surface area contributed by atoms with Gasteiger partial charge in [-0.05, 0) is 49.3 Å². The van der Waals surface area contributed by atoms with Gasteiger partial charge in [0.05, 0.1) is 11.6 Å². The van der Waals surface area contributed by atoms with Gasteiger partial charge in [0.1, 0.15) is 12.1 Å². The van der Waals surface area contributed by atoms with Crippen LogP contribution in [0.2, 0.25) is 0 Å². The second-order valence-electron chi connectivity index (χ2n) is 7.17. The third-order valence-corrected chi connectivity index (χ3v) is 5.22. The number of hydrogen-bond acceptors (Lipinski definition) is 4. The summed E-state index contributed by atoms with van der Waals surface area (Å²) in [6, 6.07) is 8.46. The average molecular weight is 354 g/mol. The number of benzene rings is 1. The number of nitrogens with one attached hydrogen (secondary N) is 2. The monoisotopic (exact) mass is 354 g/mol. The fourth-order valence-corrected chi connectivity index (χ4v) is 3.56. The Labute approximate surface area is 152 Å². The maximum atomic E-state index is 12.7. The molecule has 1 aromatic carbocycles. The Balaban J connectivity index is 1.58. The molecule has 1 aliphatic carbocycles. The second-order valence-corrected chi connectivity index (χ2v) is 7.17. The fraction of sp³-hybridized carbons (Fsp3) is 0.474. The smallest absolute Gasteiger partial charge is 0.325 e. The molecule has 136 valence electrons. The molecular formula is C19H22N4O3. The number of amides is 4. The van der Waals surface area contributed by atoms with Gasteiger partial charge in [-0.15, -0.1) is 0 Å². The summed E-state index contributed by atoms with van der Waals surface area (Å²) in [5.41, 5.74) is 0.469.